The first kappa shape index (κ1) is 18.5. The monoisotopic (exact) mass is 352 g/mol. The van der Waals surface area contributed by atoms with Crippen LogP contribution in [0.4, 0.5) is 0 Å². The van der Waals surface area contributed by atoms with Gasteiger partial charge in [0.2, 0.25) is 0 Å². The molecule has 3 rings (SSSR count). The van der Waals surface area contributed by atoms with Crippen molar-refractivity contribution in [3.63, 3.8) is 0 Å². The molecule has 0 aliphatic heterocycles. The van der Waals surface area contributed by atoms with Crippen LogP contribution in [0.25, 0.3) is 22.2 Å². The molecule has 3 aromatic rings. The average molecular weight is 352 g/mol. The van der Waals surface area contributed by atoms with Gasteiger partial charge >= 0.3 is 0 Å². The molecule has 0 saturated carbocycles. The molecular weight excluding hydrogens is 324 g/mol. The van der Waals surface area contributed by atoms with Crippen molar-refractivity contribution in [3.05, 3.63) is 48.8 Å². The van der Waals surface area contributed by atoms with Crippen molar-refractivity contribution < 1.29 is 9.47 Å². The van der Waals surface area contributed by atoms with Gasteiger partial charge in [-0.25, -0.2) is 4.98 Å². The van der Waals surface area contributed by atoms with Gasteiger partial charge in [0.05, 0.1) is 24.0 Å². The molecule has 0 radical (unpaired) electrons. The quantitative estimate of drug-likeness (QED) is 0.551. The molecule has 138 valence electrons. The fourth-order valence-corrected chi connectivity index (χ4v) is 3.08. The van der Waals surface area contributed by atoms with E-state index < -0.39 is 0 Å². The Morgan fingerprint density at radius 1 is 1.04 bits per heavy atom. The highest BCUT2D eigenvalue weighted by atomic mass is 16.5. The zero-order valence-electron chi connectivity index (χ0n) is 16.2. The molecule has 0 spiro atoms. The zero-order chi connectivity index (χ0) is 18.6. The predicted molar refractivity (Wildman–Crippen MR) is 107 cm³/mol. The SMILES string of the molecule is COCCCOc1ccccc1-c1ccc2c(c1)ncn2CC(C)(C)C. The summed E-state index contributed by atoms with van der Waals surface area (Å²) >= 11 is 0. The molecule has 4 heteroatoms. The number of rotatable bonds is 7. The minimum atomic E-state index is 0.217. The number of aromatic nitrogens is 2. The topological polar surface area (TPSA) is 36.3 Å². The molecule has 2 aromatic carbocycles. The Morgan fingerprint density at radius 3 is 2.62 bits per heavy atom. The highest BCUT2D eigenvalue weighted by Crippen LogP contribution is 2.32. The maximum atomic E-state index is 5.97. The second-order valence-corrected chi connectivity index (χ2v) is 7.83. The Kier molecular flexibility index (Phi) is 5.62. The minimum absolute atomic E-state index is 0.217. The lowest BCUT2D eigenvalue weighted by Gasteiger charge is -2.19. The number of para-hydroxylation sites is 1. The largest absolute Gasteiger partial charge is 0.493 e. The summed E-state index contributed by atoms with van der Waals surface area (Å²) < 4.78 is 13.3. The van der Waals surface area contributed by atoms with Gasteiger partial charge in [0.15, 0.2) is 0 Å². The first-order valence-electron chi connectivity index (χ1n) is 9.14. The molecule has 4 nitrogen and oxygen atoms in total. The van der Waals surface area contributed by atoms with E-state index >= 15 is 0 Å². The van der Waals surface area contributed by atoms with Gasteiger partial charge in [-0.3, -0.25) is 0 Å². The Balaban J connectivity index is 1.87. The van der Waals surface area contributed by atoms with Crippen molar-refractivity contribution >= 4 is 11.0 Å². The number of imidazole rings is 1. The number of methoxy groups -OCH3 is 1. The molecule has 0 fully saturated rings. The fourth-order valence-electron chi connectivity index (χ4n) is 3.08. The van der Waals surface area contributed by atoms with E-state index in [2.05, 4.69) is 54.6 Å². The van der Waals surface area contributed by atoms with Crippen molar-refractivity contribution in [1.82, 2.24) is 9.55 Å². The molecule has 0 saturated heterocycles. The van der Waals surface area contributed by atoms with E-state index in [9.17, 15) is 0 Å². The molecule has 1 aromatic heterocycles. The average Bonchev–Trinajstić information content (AvgIpc) is 2.99. The van der Waals surface area contributed by atoms with Gasteiger partial charge < -0.3 is 14.0 Å². The summed E-state index contributed by atoms with van der Waals surface area (Å²) in [5.74, 6) is 0.900. The van der Waals surface area contributed by atoms with Gasteiger partial charge in [-0.2, -0.15) is 0 Å². The standard InChI is InChI=1S/C22H28N2O2/c1-22(2,3)15-24-16-23-19-14-17(10-11-20(19)24)18-8-5-6-9-21(18)26-13-7-12-25-4/h5-6,8-11,14,16H,7,12-13,15H2,1-4H3. The third kappa shape index (κ3) is 4.44. The van der Waals surface area contributed by atoms with Gasteiger partial charge in [0, 0.05) is 32.2 Å². The Labute approximate surface area is 155 Å². The molecule has 1 heterocycles. The van der Waals surface area contributed by atoms with Gasteiger partial charge in [0.25, 0.3) is 0 Å². The normalized spacial score (nSPS) is 11.8. The van der Waals surface area contributed by atoms with E-state index in [1.165, 1.54) is 5.52 Å². The summed E-state index contributed by atoms with van der Waals surface area (Å²) in [7, 11) is 1.71. The van der Waals surface area contributed by atoms with Gasteiger partial charge in [-0.05, 0) is 29.2 Å². The molecule has 0 amide bonds. The van der Waals surface area contributed by atoms with Crippen LogP contribution >= 0.6 is 0 Å². The van der Waals surface area contributed by atoms with E-state index in [0.717, 1.165) is 35.4 Å². The Hall–Kier alpha value is -2.33. The second-order valence-electron chi connectivity index (χ2n) is 7.83. The van der Waals surface area contributed by atoms with Crippen LogP contribution in [0.2, 0.25) is 0 Å². The molecular formula is C22H28N2O2. The number of hydrogen-bond acceptors (Lipinski definition) is 3. The van der Waals surface area contributed by atoms with E-state index in [1.54, 1.807) is 7.11 Å². The predicted octanol–water partition coefficient (Wildman–Crippen LogP) is 5.16. The molecule has 0 N–H and O–H groups in total. The number of benzene rings is 2. The summed E-state index contributed by atoms with van der Waals surface area (Å²) in [4.78, 5) is 4.61. The van der Waals surface area contributed by atoms with Crippen molar-refractivity contribution in [2.45, 2.75) is 33.7 Å². The van der Waals surface area contributed by atoms with E-state index in [-0.39, 0.29) is 5.41 Å². The third-order valence-electron chi connectivity index (χ3n) is 4.21. The molecule has 0 unspecified atom stereocenters. The number of ether oxygens (including phenoxy) is 2. The summed E-state index contributed by atoms with van der Waals surface area (Å²) in [5.41, 5.74) is 4.62. The van der Waals surface area contributed by atoms with Crippen LogP contribution in [0.15, 0.2) is 48.8 Å². The summed E-state index contributed by atoms with van der Waals surface area (Å²) in [6.07, 6.45) is 2.81. The van der Waals surface area contributed by atoms with Crippen LogP contribution in [0, 0.1) is 5.41 Å². The van der Waals surface area contributed by atoms with Gasteiger partial charge in [-0.15, -0.1) is 0 Å². The smallest absolute Gasteiger partial charge is 0.127 e. The number of fused-ring (bicyclic) bond motifs is 1. The fraction of sp³-hybridized carbons (Fsp3) is 0.409. The maximum Gasteiger partial charge on any atom is 0.127 e. The van der Waals surface area contributed by atoms with E-state index in [4.69, 9.17) is 9.47 Å². The number of nitrogens with zero attached hydrogens (tertiary/aromatic N) is 2. The third-order valence-corrected chi connectivity index (χ3v) is 4.21. The lowest BCUT2D eigenvalue weighted by atomic mass is 9.97. The maximum absolute atomic E-state index is 5.97. The Bertz CT molecular complexity index is 862. The first-order valence-corrected chi connectivity index (χ1v) is 9.14. The molecule has 0 bridgehead atoms. The summed E-state index contributed by atoms with van der Waals surface area (Å²) in [6.45, 7) is 9.02. The highest BCUT2D eigenvalue weighted by molar-refractivity contribution is 5.83. The van der Waals surface area contributed by atoms with Gasteiger partial charge in [-0.1, -0.05) is 45.0 Å². The van der Waals surface area contributed by atoms with Crippen LogP contribution in [-0.4, -0.2) is 29.9 Å². The lowest BCUT2D eigenvalue weighted by Crippen LogP contribution is -2.14. The second kappa shape index (κ2) is 7.92. The van der Waals surface area contributed by atoms with E-state index in [0.29, 0.717) is 13.2 Å². The highest BCUT2D eigenvalue weighted by Gasteiger charge is 2.14. The van der Waals surface area contributed by atoms with Gasteiger partial charge in [0.1, 0.15) is 5.75 Å². The zero-order valence-corrected chi connectivity index (χ0v) is 16.2. The van der Waals surface area contributed by atoms with Crippen molar-refractivity contribution in [3.8, 4) is 16.9 Å². The van der Waals surface area contributed by atoms with Crippen LogP contribution in [-0.2, 0) is 11.3 Å². The lowest BCUT2D eigenvalue weighted by molar-refractivity contribution is 0.172. The molecule has 0 atom stereocenters. The first-order chi connectivity index (χ1) is 12.5. The van der Waals surface area contributed by atoms with Crippen molar-refractivity contribution in [1.29, 1.82) is 0 Å². The van der Waals surface area contributed by atoms with Crippen LogP contribution in [0.3, 0.4) is 0 Å². The van der Waals surface area contributed by atoms with Crippen molar-refractivity contribution in [2.75, 3.05) is 20.3 Å². The van der Waals surface area contributed by atoms with Crippen LogP contribution < -0.4 is 4.74 Å². The summed E-state index contributed by atoms with van der Waals surface area (Å²) in [5, 5.41) is 0. The molecule has 0 aliphatic carbocycles. The van der Waals surface area contributed by atoms with Crippen LogP contribution in [0.1, 0.15) is 27.2 Å². The Morgan fingerprint density at radius 2 is 1.85 bits per heavy atom. The van der Waals surface area contributed by atoms with Crippen molar-refractivity contribution in [2.24, 2.45) is 5.41 Å². The minimum Gasteiger partial charge on any atom is -0.493 e. The van der Waals surface area contributed by atoms with Crippen LogP contribution in [0.5, 0.6) is 5.75 Å². The number of hydrogen-bond donors (Lipinski definition) is 0. The van der Waals surface area contributed by atoms with E-state index in [1.807, 2.05) is 24.5 Å². The molecule has 26 heavy (non-hydrogen) atoms. The molecule has 0 aliphatic rings. The summed E-state index contributed by atoms with van der Waals surface area (Å²) in [6, 6.07) is 14.6.